The summed E-state index contributed by atoms with van der Waals surface area (Å²) in [6, 6.07) is 6.89. The van der Waals surface area contributed by atoms with Crippen molar-refractivity contribution in [1.82, 2.24) is 24.7 Å². The summed E-state index contributed by atoms with van der Waals surface area (Å²) in [5, 5.41) is 9.35. The largest absolute Gasteiger partial charge is 0.361 e. The van der Waals surface area contributed by atoms with Gasteiger partial charge in [0.1, 0.15) is 5.76 Å². The van der Waals surface area contributed by atoms with E-state index in [0.717, 1.165) is 11.3 Å². The molecule has 0 radical (unpaired) electrons. The molecular formula is C23H27N5O4. The van der Waals surface area contributed by atoms with Crippen molar-refractivity contribution in [3.05, 3.63) is 57.3 Å². The lowest BCUT2D eigenvalue weighted by atomic mass is 10.1. The van der Waals surface area contributed by atoms with E-state index < -0.39 is 0 Å². The minimum absolute atomic E-state index is 0.0107. The van der Waals surface area contributed by atoms with Gasteiger partial charge in [-0.15, -0.1) is 0 Å². The highest BCUT2D eigenvalue weighted by molar-refractivity contribution is 6.04. The molecule has 1 aliphatic heterocycles. The lowest BCUT2D eigenvalue weighted by Gasteiger charge is -2.34. The zero-order valence-electron chi connectivity index (χ0n) is 18.8. The maximum absolute atomic E-state index is 13.3. The molecule has 3 heterocycles. The van der Waals surface area contributed by atoms with Crippen LogP contribution >= 0.6 is 0 Å². The third-order valence-electron chi connectivity index (χ3n) is 5.95. The molecule has 1 fully saturated rings. The van der Waals surface area contributed by atoms with Gasteiger partial charge in [0, 0.05) is 37.1 Å². The second-order valence-electron chi connectivity index (χ2n) is 8.39. The first-order valence-corrected chi connectivity index (χ1v) is 10.8. The third kappa shape index (κ3) is 3.90. The average Bonchev–Trinajstić information content (AvgIpc) is 3.11. The van der Waals surface area contributed by atoms with Gasteiger partial charge in [-0.25, -0.2) is 4.68 Å². The molecule has 1 aromatic carbocycles. The maximum atomic E-state index is 13.3. The Hall–Kier alpha value is -3.49. The average molecular weight is 438 g/mol. The van der Waals surface area contributed by atoms with E-state index in [1.807, 2.05) is 20.8 Å². The van der Waals surface area contributed by atoms with Gasteiger partial charge in [0.15, 0.2) is 5.69 Å². The first-order chi connectivity index (χ1) is 15.3. The van der Waals surface area contributed by atoms with E-state index in [4.69, 9.17) is 4.52 Å². The zero-order chi connectivity index (χ0) is 23.0. The van der Waals surface area contributed by atoms with Crippen molar-refractivity contribution in [2.45, 2.75) is 40.2 Å². The van der Waals surface area contributed by atoms with E-state index in [9.17, 15) is 14.4 Å². The molecule has 4 rings (SSSR count). The fourth-order valence-electron chi connectivity index (χ4n) is 4.04. The molecule has 0 N–H and O–H groups in total. The van der Waals surface area contributed by atoms with Crippen molar-refractivity contribution in [3.8, 4) is 0 Å². The van der Waals surface area contributed by atoms with E-state index in [0.29, 0.717) is 42.7 Å². The predicted octanol–water partition coefficient (Wildman–Crippen LogP) is 2.11. The van der Waals surface area contributed by atoms with Gasteiger partial charge in [-0.2, -0.15) is 5.10 Å². The molecule has 0 bridgehead atoms. The molecular weight excluding hydrogens is 410 g/mol. The topological polar surface area (TPSA) is 102 Å². The van der Waals surface area contributed by atoms with Crippen molar-refractivity contribution in [1.29, 1.82) is 0 Å². The Morgan fingerprint density at radius 1 is 1.03 bits per heavy atom. The molecule has 9 heteroatoms. The summed E-state index contributed by atoms with van der Waals surface area (Å²) in [7, 11) is 0. The number of hydrogen-bond donors (Lipinski definition) is 0. The zero-order valence-corrected chi connectivity index (χ0v) is 18.8. The molecule has 2 amide bonds. The number of aryl methyl sites for hydroxylation is 2. The highest BCUT2D eigenvalue weighted by Crippen LogP contribution is 2.19. The quantitative estimate of drug-likeness (QED) is 0.620. The van der Waals surface area contributed by atoms with Crippen LogP contribution in [0.25, 0.3) is 10.8 Å². The first kappa shape index (κ1) is 21.7. The minimum Gasteiger partial charge on any atom is -0.361 e. The number of amides is 2. The van der Waals surface area contributed by atoms with Crippen LogP contribution in [0.15, 0.2) is 33.6 Å². The van der Waals surface area contributed by atoms with Gasteiger partial charge in [0.2, 0.25) is 5.91 Å². The number of rotatable bonds is 4. The summed E-state index contributed by atoms with van der Waals surface area (Å²) in [6.45, 7) is 9.04. The van der Waals surface area contributed by atoms with Crippen LogP contribution in [0.1, 0.15) is 47.4 Å². The van der Waals surface area contributed by atoms with Crippen LogP contribution in [0, 0.1) is 13.8 Å². The summed E-state index contributed by atoms with van der Waals surface area (Å²) < 4.78 is 6.51. The first-order valence-electron chi connectivity index (χ1n) is 10.8. The fraction of sp³-hybridized carbons (Fsp3) is 0.435. The number of hydrogen-bond acceptors (Lipinski definition) is 6. The molecule has 0 atom stereocenters. The minimum atomic E-state index is -0.228. The normalized spacial score (nSPS) is 14.4. The van der Waals surface area contributed by atoms with E-state index in [-0.39, 0.29) is 35.5 Å². The Bertz CT molecular complexity index is 1220. The lowest BCUT2D eigenvalue weighted by Crippen LogP contribution is -2.51. The molecule has 9 nitrogen and oxygen atoms in total. The van der Waals surface area contributed by atoms with Crippen LogP contribution in [-0.2, 0) is 11.2 Å². The number of carbonyl (C=O) groups is 2. The Morgan fingerprint density at radius 3 is 2.25 bits per heavy atom. The van der Waals surface area contributed by atoms with Gasteiger partial charge in [0.25, 0.3) is 11.5 Å². The highest BCUT2D eigenvalue weighted by atomic mass is 16.5. The molecule has 0 aliphatic carbocycles. The van der Waals surface area contributed by atoms with Gasteiger partial charge in [-0.05, 0) is 33.8 Å². The van der Waals surface area contributed by atoms with Gasteiger partial charge in [0.05, 0.1) is 23.5 Å². The number of fused-ring (bicyclic) bond motifs is 1. The monoisotopic (exact) mass is 437 g/mol. The van der Waals surface area contributed by atoms with Gasteiger partial charge >= 0.3 is 0 Å². The smallest absolute Gasteiger partial charge is 0.275 e. The van der Waals surface area contributed by atoms with Crippen molar-refractivity contribution >= 4 is 22.6 Å². The molecule has 0 saturated carbocycles. The van der Waals surface area contributed by atoms with E-state index >= 15 is 0 Å². The summed E-state index contributed by atoms with van der Waals surface area (Å²) in [4.78, 5) is 42.3. The highest BCUT2D eigenvalue weighted by Gasteiger charge is 2.28. The van der Waals surface area contributed by atoms with Crippen molar-refractivity contribution in [2.24, 2.45) is 0 Å². The molecule has 3 aromatic rings. The Labute approximate surface area is 185 Å². The van der Waals surface area contributed by atoms with Crippen LogP contribution in [0.3, 0.4) is 0 Å². The Morgan fingerprint density at radius 2 is 1.66 bits per heavy atom. The number of aromatic nitrogens is 3. The summed E-state index contributed by atoms with van der Waals surface area (Å²) in [5.41, 5.74) is 1.61. The number of piperazine rings is 1. The molecule has 1 saturated heterocycles. The lowest BCUT2D eigenvalue weighted by molar-refractivity contribution is -0.131. The summed E-state index contributed by atoms with van der Waals surface area (Å²) >= 11 is 0. The van der Waals surface area contributed by atoms with Crippen LogP contribution in [0.2, 0.25) is 0 Å². The van der Waals surface area contributed by atoms with Crippen LogP contribution in [-0.4, -0.2) is 62.7 Å². The third-order valence-corrected chi connectivity index (χ3v) is 5.95. The second kappa shape index (κ2) is 8.57. The number of benzene rings is 1. The SMILES string of the molecule is Cc1noc(C)c1CC(=O)N1CCN(C(=O)c2nn(C(C)C)c(=O)c3ccccc23)CC1. The number of nitrogens with zero attached hydrogens (tertiary/aromatic N) is 5. The van der Waals surface area contributed by atoms with Crippen molar-refractivity contribution in [3.63, 3.8) is 0 Å². The van der Waals surface area contributed by atoms with Crippen LogP contribution in [0.5, 0.6) is 0 Å². The molecule has 32 heavy (non-hydrogen) atoms. The molecule has 1 aliphatic rings. The summed E-state index contributed by atoms with van der Waals surface area (Å²) in [6.07, 6.45) is 0.237. The Balaban J connectivity index is 1.52. The van der Waals surface area contributed by atoms with Gasteiger partial charge < -0.3 is 14.3 Å². The van der Waals surface area contributed by atoms with Crippen LogP contribution in [0.4, 0.5) is 0 Å². The van der Waals surface area contributed by atoms with Crippen LogP contribution < -0.4 is 5.56 Å². The van der Waals surface area contributed by atoms with Crippen molar-refractivity contribution < 1.29 is 14.1 Å². The molecule has 0 spiro atoms. The van der Waals surface area contributed by atoms with E-state index in [2.05, 4.69) is 10.3 Å². The van der Waals surface area contributed by atoms with Gasteiger partial charge in [-0.3, -0.25) is 14.4 Å². The van der Waals surface area contributed by atoms with Gasteiger partial charge in [-0.1, -0.05) is 23.4 Å². The second-order valence-corrected chi connectivity index (χ2v) is 8.39. The molecule has 2 aromatic heterocycles. The number of carbonyl (C=O) groups excluding carboxylic acids is 2. The van der Waals surface area contributed by atoms with E-state index in [1.165, 1.54) is 4.68 Å². The summed E-state index contributed by atoms with van der Waals surface area (Å²) in [5.74, 6) is 0.416. The molecule has 168 valence electrons. The maximum Gasteiger partial charge on any atom is 0.275 e. The Kier molecular flexibility index (Phi) is 5.82. The predicted molar refractivity (Wildman–Crippen MR) is 119 cm³/mol. The standard InChI is InChI=1S/C23H27N5O4/c1-14(2)28-22(30)18-8-6-5-7-17(18)21(24-28)23(31)27-11-9-26(10-12-27)20(29)13-19-15(3)25-32-16(19)4/h5-8,14H,9-13H2,1-4H3. The molecule has 0 unspecified atom stereocenters. The van der Waals surface area contributed by atoms with E-state index in [1.54, 1.807) is 41.0 Å². The van der Waals surface area contributed by atoms with Crippen molar-refractivity contribution in [2.75, 3.05) is 26.2 Å². The fourth-order valence-corrected chi connectivity index (χ4v) is 4.04.